The Morgan fingerprint density at radius 1 is 1.86 bits per heavy atom. The summed E-state index contributed by atoms with van der Waals surface area (Å²) in [4.78, 5) is 1.56. The molecule has 3 heteroatoms. The van der Waals surface area contributed by atoms with Crippen LogP contribution >= 0.6 is 0 Å². The van der Waals surface area contributed by atoms with Crippen LogP contribution in [0.1, 0.15) is 0 Å². The highest BCUT2D eigenvalue weighted by Crippen LogP contribution is 2.02. The lowest BCUT2D eigenvalue weighted by atomic mass is 10.8. The molecular formula is C4H7NO2. The van der Waals surface area contributed by atoms with E-state index in [4.69, 9.17) is 5.11 Å². The summed E-state index contributed by atoms with van der Waals surface area (Å²) in [5.74, 6) is 0. The van der Waals surface area contributed by atoms with Crippen molar-refractivity contribution in [1.82, 2.24) is 4.90 Å². The second-order valence-corrected chi connectivity index (χ2v) is 1.41. The summed E-state index contributed by atoms with van der Waals surface area (Å²) in [5.41, 5.74) is 0. The molecule has 0 aromatic rings. The second-order valence-electron chi connectivity index (χ2n) is 1.41. The van der Waals surface area contributed by atoms with E-state index in [2.05, 4.69) is 4.74 Å². The Hall–Kier alpha value is -0.700. The zero-order valence-corrected chi connectivity index (χ0v) is 4.03. The van der Waals surface area contributed by atoms with Crippen molar-refractivity contribution in [3.8, 4) is 0 Å². The molecule has 0 saturated carbocycles. The molecule has 1 aliphatic heterocycles. The van der Waals surface area contributed by atoms with Gasteiger partial charge in [0.1, 0.15) is 6.26 Å². The minimum absolute atomic E-state index is 0.764. The van der Waals surface area contributed by atoms with Gasteiger partial charge in [-0.2, -0.15) is 0 Å². The van der Waals surface area contributed by atoms with Gasteiger partial charge < -0.3 is 14.7 Å². The third-order valence-corrected chi connectivity index (χ3v) is 0.845. The predicted octanol–water partition coefficient (Wildman–Crippen LogP) is -0.304. The standard InChI is InChI=1S/C4H7NO2/c1-5-2-3-7-4(5)6/h2-4,6H,1H3. The molecule has 1 unspecified atom stereocenters. The van der Waals surface area contributed by atoms with Crippen LogP contribution in [0, 0.1) is 0 Å². The Kier molecular flexibility index (Phi) is 0.906. The lowest BCUT2D eigenvalue weighted by molar-refractivity contribution is -0.110. The van der Waals surface area contributed by atoms with Gasteiger partial charge in [0.15, 0.2) is 0 Å². The fourth-order valence-corrected chi connectivity index (χ4v) is 0.371. The normalized spacial score (nSPS) is 28.3. The Morgan fingerprint density at radius 3 is 2.71 bits per heavy atom. The fraction of sp³-hybridized carbons (Fsp3) is 0.500. The highest BCUT2D eigenvalue weighted by molar-refractivity contribution is 4.78. The summed E-state index contributed by atoms with van der Waals surface area (Å²) in [7, 11) is 1.73. The summed E-state index contributed by atoms with van der Waals surface area (Å²) in [6.45, 7) is 0. The van der Waals surface area contributed by atoms with Crippen molar-refractivity contribution in [2.24, 2.45) is 0 Å². The van der Waals surface area contributed by atoms with Gasteiger partial charge in [0.25, 0.3) is 6.41 Å². The van der Waals surface area contributed by atoms with Crippen LogP contribution in [0.15, 0.2) is 12.5 Å². The van der Waals surface area contributed by atoms with Crippen LogP contribution in [0.25, 0.3) is 0 Å². The van der Waals surface area contributed by atoms with Gasteiger partial charge in [0.2, 0.25) is 0 Å². The maximum atomic E-state index is 8.64. The summed E-state index contributed by atoms with van der Waals surface area (Å²) >= 11 is 0. The number of nitrogens with zero attached hydrogens (tertiary/aromatic N) is 1. The topological polar surface area (TPSA) is 32.7 Å². The van der Waals surface area contributed by atoms with E-state index in [1.165, 1.54) is 6.26 Å². The van der Waals surface area contributed by atoms with Crippen molar-refractivity contribution in [2.45, 2.75) is 6.41 Å². The van der Waals surface area contributed by atoms with E-state index in [0.717, 1.165) is 0 Å². The largest absolute Gasteiger partial charge is 0.453 e. The van der Waals surface area contributed by atoms with Crippen LogP contribution in [0.2, 0.25) is 0 Å². The summed E-state index contributed by atoms with van der Waals surface area (Å²) in [6.07, 6.45) is 2.34. The van der Waals surface area contributed by atoms with Gasteiger partial charge in [0, 0.05) is 13.2 Å². The molecule has 0 saturated heterocycles. The third kappa shape index (κ3) is 0.667. The molecule has 7 heavy (non-hydrogen) atoms. The van der Waals surface area contributed by atoms with Gasteiger partial charge in [-0.05, 0) is 0 Å². The lowest BCUT2D eigenvalue weighted by Crippen LogP contribution is -2.22. The van der Waals surface area contributed by atoms with Crippen molar-refractivity contribution in [3.05, 3.63) is 12.5 Å². The van der Waals surface area contributed by atoms with E-state index in [1.807, 2.05) is 0 Å². The number of rotatable bonds is 0. The first-order valence-corrected chi connectivity index (χ1v) is 2.03. The van der Waals surface area contributed by atoms with E-state index in [9.17, 15) is 0 Å². The molecule has 0 spiro atoms. The molecule has 1 N–H and O–H groups in total. The Bertz CT molecular complexity index is 91.7. The smallest absolute Gasteiger partial charge is 0.280 e. The molecule has 0 fully saturated rings. The quantitative estimate of drug-likeness (QED) is 0.454. The van der Waals surface area contributed by atoms with Crippen molar-refractivity contribution in [3.63, 3.8) is 0 Å². The molecule has 0 aliphatic carbocycles. The van der Waals surface area contributed by atoms with E-state index in [-0.39, 0.29) is 0 Å². The maximum absolute atomic E-state index is 8.64. The molecule has 0 aromatic heterocycles. The van der Waals surface area contributed by atoms with Gasteiger partial charge in [-0.3, -0.25) is 0 Å². The molecule has 0 bridgehead atoms. The van der Waals surface area contributed by atoms with Gasteiger partial charge in [0.05, 0.1) is 0 Å². The molecule has 0 amide bonds. The average molecular weight is 101 g/mol. The number of hydrogen-bond acceptors (Lipinski definition) is 3. The number of aliphatic hydroxyl groups is 1. The van der Waals surface area contributed by atoms with Gasteiger partial charge >= 0.3 is 0 Å². The summed E-state index contributed by atoms with van der Waals surface area (Å²) in [6, 6.07) is 0. The zero-order valence-electron chi connectivity index (χ0n) is 4.03. The second kappa shape index (κ2) is 1.42. The molecule has 0 radical (unpaired) electrons. The molecule has 1 rings (SSSR count). The van der Waals surface area contributed by atoms with Crippen LogP contribution in [-0.4, -0.2) is 23.5 Å². The first-order valence-electron chi connectivity index (χ1n) is 2.03. The van der Waals surface area contributed by atoms with Crippen molar-refractivity contribution < 1.29 is 9.84 Å². The third-order valence-electron chi connectivity index (χ3n) is 0.845. The minimum Gasteiger partial charge on any atom is -0.453 e. The molecular weight excluding hydrogens is 94.0 g/mol. The van der Waals surface area contributed by atoms with Crippen molar-refractivity contribution in [1.29, 1.82) is 0 Å². The van der Waals surface area contributed by atoms with Gasteiger partial charge in [-0.25, -0.2) is 0 Å². The highest BCUT2D eigenvalue weighted by atomic mass is 16.6. The highest BCUT2D eigenvalue weighted by Gasteiger charge is 2.09. The summed E-state index contributed by atoms with van der Waals surface area (Å²) < 4.78 is 4.57. The van der Waals surface area contributed by atoms with E-state index < -0.39 is 6.41 Å². The van der Waals surface area contributed by atoms with Gasteiger partial charge in [-0.1, -0.05) is 0 Å². The minimum atomic E-state index is -0.764. The Balaban J connectivity index is 2.45. The SMILES string of the molecule is CN1C=COC1O. The van der Waals surface area contributed by atoms with Gasteiger partial charge in [-0.15, -0.1) is 0 Å². The van der Waals surface area contributed by atoms with E-state index >= 15 is 0 Å². The zero-order chi connectivity index (χ0) is 5.28. The Labute approximate surface area is 41.8 Å². The molecule has 1 heterocycles. The maximum Gasteiger partial charge on any atom is 0.280 e. The van der Waals surface area contributed by atoms with E-state index in [1.54, 1.807) is 18.1 Å². The molecule has 40 valence electrons. The van der Waals surface area contributed by atoms with Crippen molar-refractivity contribution in [2.75, 3.05) is 7.05 Å². The number of aliphatic hydroxyl groups excluding tert-OH is 1. The molecule has 1 aliphatic rings. The van der Waals surface area contributed by atoms with Crippen molar-refractivity contribution >= 4 is 0 Å². The molecule has 3 nitrogen and oxygen atoms in total. The van der Waals surface area contributed by atoms with Crippen LogP contribution < -0.4 is 0 Å². The van der Waals surface area contributed by atoms with Crippen LogP contribution in [0.4, 0.5) is 0 Å². The fourth-order valence-electron chi connectivity index (χ4n) is 0.371. The monoisotopic (exact) mass is 101 g/mol. The van der Waals surface area contributed by atoms with Crippen LogP contribution in [0.3, 0.4) is 0 Å². The Morgan fingerprint density at radius 2 is 2.57 bits per heavy atom. The first kappa shape index (κ1) is 4.46. The molecule has 1 atom stereocenters. The first-order chi connectivity index (χ1) is 3.30. The van der Waals surface area contributed by atoms with Crippen LogP contribution in [-0.2, 0) is 4.74 Å². The average Bonchev–Trinajstić information content (AvgIpc) is 1.91. The predicted molar refractivity (Wildman–Crippen MR) is 24.0 cm³/mol. The molecule has 0 aromatic carbocycles. The summed E-state index contributed by atoms with van der Waals surface area (Å²) in [5, 5.41) is 8.64. The van der Waals surface area contributed by atoms with Crippen LogP contribution in [0.5, 0.6) is 0 Å². The lowest BCUT2D eigenvalue weighted by Gasteiger charge is -2.11. The van der Waals surface area contributed by atoms with E-state index in [0.29, 0.717) is 0 Å². The number of ether oxygens (including phenoxy) is 1. The number of hydrogen-bond donors (Lipinski definition) is 1.